The van der Waals surface area contributed by atoms with Gasteiger partial charge in [0.25, 0.3) is 15.9 Å². The largest absolute Gasteiger partial charge is 0.497 e. The first-order valence-corrected chi connectivity index (χ1v) is 11.0. The second kappa shape index (κ2) is 8.61. The fourth-order valence-corrected chi connectivity index (χ4v) is 4.54. The van der Waals surface area contributed by atoms with Crippen molar-refractivity contribution in [3.05, 3.63) is 53.1 Å². The van der Waals surface area contributed by atoms with Crippen LogP contribution in [0.25, 0.3) is 0 Å². The minimum Gasteiger partial charge on any atom is -0.497 e. The maximum absolute atomic E-state index is 12.9. The first-order chi connectivity index (χ1) is 13.7. The van der Waals surface area contributed by atoms with Crippen LogP contribution < -0.4 is 9.04 Å². The first kappa shape index (κ1) is 21.4. The van der Waals surface area contributed by atoms with Crippen molar-refractivity contribution in [3.63, 3.8) is 0 Å². The monoisotopic (exact) mass is 437 g/mol. The van der Waals surface area contributed by atoms with Crippen LogP contribution in [-0.2, 0) is 10.0 Å². The predicted molar refractivity (Wildman–Crippen MR) is 113 cm³/mol. The standard InChI is InChI=1S/C20H24ClN3O4S/c1-22-10-12-24(13-11-22)20(25)18-9-4-15(14-19(18)21)23(2)29(26,27)17-7-5-16(28-3)6-8-17/h4-9,14H,10-13H2,1-3H3. The molecule has 156 valence electrons. The van der Waals surface area contributed by atoms with Gasteiger partial charge in [-0.1, -0.05) is 11.6 Å². The molecule has 0 N–H and O–H groups in total. The number of rotatable bonds is 5. The molecule has 2 aromatic rings. The summed E-state index contributed by atoms with van der Waals surface area (Å²) in [5.74, 6) is 0.428. The van der Waals surface area contributed by atoms with Crippen molar-refractivity contribution in [1.29, 1.82) is 0 Å². The molecular weight excluding hydrogens is 414 g/mol. The van der Waals surface area contributed by atoms with Gasteiger partial charge in [-0.25, -0.2) is 8.42 Å². The SMILES string of the molecule is COc1ccc(S(=O)(=O)N(C)c2ccc(C(=O)N3CCN(C)CC3)c(Cl)c2)cc1. The zero-order valence-electron chi connectivity index (χ0n) is 16.6. The van der Waals surface area contributed by atoms with Gasteiger partial charge in [-0.05, 0) is 49.5 Å². The third-order valence-corrected chi connectivity index (χ3v) is 7.17. The molecule has 0 atom stereocenters. The molecule has 0 aliphatic carbocycles. The topological polar surface area (TPSA) is 70.2 Å². The maximum atomic E-state index is 12.9. The van der Waals surface area contributed by atoms with E-state index in [1.807, 2.05) is 7.05 Å². The molecule has 1 heterocycles. The maximum Gasteiger partial charge on any atom is 0.264 e. The van der Waals surface area contributed by atoms with Crippen LogP contribution in [0.2, 0.25) is 5.02 Å². The Kier molecular flexibility index (Phi) is 6.36. The Balaban J connectivity index is 1.82. The van der Waals surface area contributed by atoms with Crippen molar-refractivity contribution >= 4 is 33.2 Å². The van der Waals surface area contributed by atoms with Gasteiger partial charge in [0.2, 0.25) is 0 Å². The molecule has 0 unspecified atom stereocenters. The zero-order chi connectivity index (χ0) is 21.2. The lowest BCUT2D eigenvalue weighted by Crippen LogP contribution is -2.47. The van der Waals surface area contributed by atoms with Crippen molar-refractivity contribution in [2.75, 3.05) is 51.7 Å². The molecule has 3 rings (SSSR count). The molecule has 0 saturated carbocycles. The van der Waals surface area contributed by atoms with Crippen LogP contribution in [0.1, 0.15) is 10.4 Å². The van der Waals surface area contributed by atoms with Crippen LogP contribution in [0.5, 0.6) is 5.75 Å². The minimum atomic E-state index is -3.78. The lowest BCUT2D eigenvalue weighted by molar-refractivity contribution is 0.0664. The molecule has 1 amide bonds. The normalized spacial score (nSPS) is 15.2. The lowest BCUT2D eigenvalue weighted by atomic mass is 10.1. The fraction of sp³-hybridized carbons (Fsp3) is 0.350. The van der Waals surface area contributed by atoms with Crippen LogP contribution >= 0.6 is 11.6 Å². The molecule has 1 aliphatic rings. The van der Waals surface area contributed by atoms with E-state index in [4.69, 9.17) is 16.3 Å². The number of hydrogen-bond acceptors (Lipinski definition) is 5. The van der Waals surface area contributed by atoms with E-state index in [9.17, 15) is 13.2 Å². The van der Waals surface area contributed by atoms with Gasteiger partial charge in [0.05, 0.1) is 28.3 Å². The number of nitrogens with zero attached hydrogens (tertiary/aromatic N) is 3. The molecule has 0 bridgehead atoms. The molecule has 1 aliphatic heterocycles. The highest BCUT2D eigenvalue weighted by molar-refractivity contribution is 7.92. The van der Waals surface area contributed by atoms with Crippen LogP contribution in [0.3, 0.4) is 0 Å². The van der Waals surface area contributed by atoms with Gasteiger partial charge in [0.1, 0.15) is 5.75 Å². The number of methoxy groups -OCH3 is 1. The van der Waals surface area contributed by atoms with Crippen molar-refractivity contribution in [1.82, 2.24) is 9.80 Å². The third kappa shape index (κ3) is 4.49. The van der Waals surface area contributed by atoms with Crippen molar-refractivity contribution in [2.24, 2.45) is 0 Å². The number of ether oxygens (including phenoxy) is 1. The Bertz CT molecular complexity index is 987. The number of likely N-dealkylation sites (N-methyl/N-ethyl adjacent to an activating group) is 1. The Hall–Kier alpha value is -2.29. The Labute approximate surface area is 176 Å². The highest BCUT2D eigenvalue weighted by Crippen LogP contribution is 2.28. The van der Waals surface area contributed by atoms with E-state index in [1.165, 1.54) is 32.4 Å². The summed E-state index contributed by atoms with van der Waals surface area (Å²) in [5.41, 5.74) is 0.746. The number of sulfonamides is 1. The number of piperazine rings is 1. The number of carbonyl (C=O) groups excluding carboxylic acids is 1. The summed E-state index contributed by atoms with van der Waals surface area (Å²) in [6.07, 6.45) is 0. The van der Waals surface area contributed by atoms with Crippen molar-refractivity contribution < 1.29 is 17.9 Å². The van der Waals surface area contributed by atoms with E-state index >= 15 is 0 Å². The third-order valence-electron chi connectivity index (χ3n) is 5.06. The molecule has 0 radical (unpaired) electrons. The van der Waals surface area contributed by atoms with E-state index in [2.05, 4.69) is 4.90 Å². The second-order valence-electron chi connectivity index (χ2n) is 6.91. The quantitative estimate of drug-likeness (QED) is 0.719. The van der Waals surface area contributed by atoms with Gasteiger partial charge in [0.15, 0.2) is 0 Å². The van der Waals surface area contributed by atoms with E-state index < -0.39 is 10.0 Å². The van der Waals surface area contributed by atoms with Gasteiger partial charge >= 0.3 is 0 Å². The van der Waals surface area contributed by atoms with E-state index in [1.54, 1.807) is 29.2 Å². The zero-order valence-corrected chi connectivity index (χ0v) is 18.2. The average Bonchev–Trinajstić information content (AvgIpc) is 2.73. The Morgan fingerprint density at radius 2 is 1.69 bits per heavy atom. The fourth-order valence-electron chi connectivity index (χ4n) is 3.10. The van der Waals surface area contributed by atoms with Gasteiger partial charge in [-0.3, -0.25) is 9.10 Å². The molecule has 7 nitrogen and oxygen atoms in total. The van der Waals surface area contributed by atoms with Crippen LogP contribution in [0, 0.1) is 0 Å². The number of halogens is 1. The predicted octanol–water partition coefficient (Wildman–Crippen LogP) is 2.56. The highest BCUT2D eigenvalue weighted by atomic mass is 35.5. The van der Waals surface area contributed by atoms with E-state index in [0.29, 0.717) is 30.1 Å². The van der Waals surface area contributed by atoms with Gasteiger partial charge in [0, 0.05) is 33.2 Å². The summed E-state index contributed by atoms with van der Waals surface area (Å²) in [6, 6.07) is 10.8. The molecule has 9 heteroatoms. The summed E-state index contributed by atoms with van der Waals surface area (Å²) in [7, 11) is 1.21. The van der Waals surface area contributed by atoms with Crippen molar-refractivity contribution in [2.45, 2.75) is 4.90 Å². The van der Waals surface area contributed by atoms with E-state index in [-0.39, 0.29) is 15.8 Å². The number of anilines is 1. The highest BCUT2D eigenvalue weighted by Gasteiger charge is 2.25. The van der Waals surface area contributed by atoms with Crippen LogP contribution in [-0.4, -0.2) is 71.5 Å². The van der Waals surface area contributed by atoms with Gasteiger partial charge in [-0.15, -0.1) is 0 Å². The molecule has 1 saturated heterocycles. The van der Waals surface area contributed by atoms with Crippen molar-refractivity contribution in [3.8, 4) is 5.75 Å². The Morgan fingerprint density at radius 3 is 2.24 bits per heavy atom. The van der Waals surface area contributed by atoms with Gasteiger partial charge in [-0.2, -0.15) is 0 Å². The van der Waals surface area contributed by atoms with E-state index in [0.717, 1.165) is 17.4 Å². The minimum absolute atomic E-state index is 0.134. The summed E-state index contributed by atoms with van der Waals surface area (Å²) < 4.78 is 32.0. The summed E-state index contributed by atoms with van der Waals surface area (Å²) >= 11 is 6.36. The molecule has 0 aromatic heterocycles. The van der Waals surface area contributed by atoms with Crippen LogP contribution in [0.4, 0.5) is 5.69 Å². The number of benzene rings is 2. The number of amides is 1. The smallest absolute Gasteiger partial charge is 0.264 e. The molecule has 29 heavy (non-hydrogen) atoms. The average molecular weight is 438 g/mol. The van der Waals surface area contributed by atoms with Gasteiger partial charge < -0.3 is 14.5 Å². The molecule has 0 spiro atoms. The summed E-state index contributed by atoms with van der Waals surface area (Å²) in [5, 5.41) is 0.225. The molecule has 1 fully saturated rings. The second-order valence-corrected chi connectivity index (χ2v) is 9.28. The number of carbonyl (C=O) groups is 1. The lowest BCUT2D eigenvalue weighted by Gasteiger charge is -2.32. The number of hydrogen-bond donors (Lipinski definition) is 0. The molecular formula is C20H24ClN3O4S. The first-order valence-electron chi connectivity index (χ1n) is 9.14. The summed E-state index contributed by atoms with van der Waals surface area (Å²) in [6.45, 7) is 2.90. The Morgan fingerprint density at radius 1 is 1.07 bits per heavy atom. The molecule has 2 aromatic carbocycles. The van der Waals surface area contributed by atoms with Crippen LogP contribution in [0.15, 0.2) is 47.4 Å². The summed E-state index contributed by atoms with van der Waals surface area (Å²) in [4.78, 5) is 16.8.